The highest BCUT2D eigenvalue weighted by atomic mass is 19.4. The lowest BCUT2D eigenvalue weighted by Crippen LogP contribution is -2.28. The SMILES string of the molecule is NC(=O)[C@H](OC(=O)Cn1c(C(F)(F)F)nc2ccccc21)c1ccccc1. The maximum Gasteiger partial charge on any atom is 0.449 e. The Bertz CT molecular complexity index is 984. The summed E-state index contributed by atoms with van der Waals surface area (Å²) >= 11 is 0. The number of hydrogen-bond acceptors (Lipinski definition) is 4. The fourth-order valence-electron chi connectivity index (χ4n) is 2.67. The number of para-hydroxylation sites is 2. The molecule has 0 saturated heterocycles. The van der Waals surface area contributed by atoms with Crippen LogP contribution in [-0.2, 0) is 27.0 Å². The number of carbonyl (C=O) groups is 2. The highest BCUT2D eigenvalue weighted by Crippen LogP contribution is 2.31. The molecule has 1 heterocycles. The molecule has 3 aromatic rings. The van der Waals surface area contributed by atoms with Crippen molar-refractivity contribution in [3.63, 3.8) is 0 Å². The van der Waals surface area contributed by atoms with Gasteiger partial charge >= 0.3 is 12.1 Å². The first kappa shape index (κ1) is 18.4. The molecule has 3 rings (SSSR count). The maximum atomic E-state index is 13.3. The quantitative estimate of drug-likeness (QED) is 0.693. The number of benzene rings is 2. The molecule has 0 fully saturated rings. The number of fused-ring (bicyclic) bond motifs is 1. The van der Waals surface area contributed by atoms with Crippen LogP contribution in [0, 0.1) is 0 Å². The van der Waals surface area contributed by atoms with Gasteiger partial charge in [-0.15, -0.1) is 0 Å². The Morgan fingerprint density at radius 3 is 2.33 bits per heavy atom. The number of primary amides is 1. The number of nitrogens with zero attached hydrogens (tertiary/aromatic N) is 2. The molecule has 0 aliphatic rings. The first-order chi connectivity index (χ1) is 12.8. The van der Waals surface area contributed by atoms with E-state index in [-0.39, 0.29) is 11.0 Å². The average molecular weight is 377 g/mol. The normalized spacial score (nSPS) is 12.7. The number of esters is 1. The molecular weight excluding hydrogens is 363 g/mol. The van der Waals surface area contributed by atoms with Gasteiger partial charge in [0, 0.05) is 5.56 Å². The van der Waals surface area contributed by atoms with Crippen molar-refractivity contribution in [1.82, 2.24) is 9.55 Å². The number of hydrogen-bond donors (Lipinski definition) is 1. The molecule has 2 aromatic carbocycles. The molecule has 0 aliphatic carbocycles. The molecule has 9 heteroatoms. The third kappa shape index (κ3) is 3.91. The van der Waals surface area contributed by atoms with Crippen LogP contribution in [0.2, 0.25) is 0 Å². The minimum Gasteiger partial charge on any atom is -0.446 e. The van der Waals surface area contributed by atoms with E-state index in [0.29, 0.717) is 10.1 Å². The Morgan fingerprint density at radius 2 is 1.70 bits per heavy atom. The molecule has 1 amide bonds. The summed E-state index contributed by atoms with van der Waals surface area (Å²) in [6, 6.07) is 13.9. The Hall–Kier alpha value is -3.36. The predicted molar refractivity (Wildman–Crippen MR) is 89.2 cm³/mol. The Kier molecular flexibility index (Phi) is 4.85. The molecular formula is C18H14F3N3O3. The van der Waals surface area contributed by atoms with Gasteiger partial charge in [-0.1, -0.05) is 42.5 Å². The van der Waals surface area contributed by atoms with E-state index in [1.807, 2.05) is 0 Å². The summed E-state index contributed by atoms with van der Waals surface area (Å²) in [6.07, 6.45) is -6.16. The van der Waals surface area contributed by atoms with Crippen molar-refractivity contribution >= 4 is 22.9 Å². The Labute approximate surface area is 151 Å². The van der Waals surface area contributed by atoms with E-state index in [0.717, 1.165) is 0 Å². The number of amides is 1. The number of rotatable bonds is 5. The zero-order valence-corrected chi connectivity index (χ0v) is 13.8. The molecule has 0 aliphatic heterocycles. The van der Waals surface area contributed by atoms with Crippen LogP contribution in [0.15, 0.2) is 54.6 Å². The smallest absolute Gasteiger partial charge is 0.446 e. The zero-order chi connectivity index (χ0) is 19.6. The lowest BCUT2D eigenvalue weighted by atomic mass is 10.1. The lowest BCUT2D eigenvalue weighted by Gasteiger charge is -2.16. The monoisotopic (exact) mass is 377 g/mol. The van der Waals surface area contributed by atoms with Gasteiger partial charge in [0.1, 0.15) is 6.54 Å². The summed E-state index contributed by atoms with van der Waals surface area (Å²) < 4.78 is 45.6. The van der Waals surface area contributed by atoms with Crippen LogP contribution < -0.4 is 5.73 Å². The largest absolute Gasteiger partial charge is 0.449 e. The van der Waals surface area contributed by atoms with Crippen molar-refractivity contribution in [2.24, 2.45) is 5.73 Å². The van der Waals surface area contributed by atoms with E-state index < -0.39 is 36.5 Å². The second-order valence-corrected chi connectivity index (χ2v) is 5.69. The standard InChI is InChI=1S/C18H14F3N3O3/c19-18(20,21)17-23-12-8-4-5-9-13(12)24(17)10-14(25)27-15(16(22)26)11-6-2-1-3-7-11/h1-9,15H,10H2,(H2,22,26)/t15-/m1/s1. The van der Waals surface area contributed by atoms with Crippen molar-refractivity contribution in [3.8, 4) is 0 Å². The third-order valence-corrected chi connectivity index (χ3v) is 3.81. The van der Waals surface area contributed by atoms with Crippen molar-refractivity contribution in [2.45, 2.75) is 18.8 Å². The van der Waals surface area contributed by atoms with Crippen molar-refractivity contribution < 1.29 is 27.5 Å². The number of imidazole rings is 1. The molecule has 140 valence electrons. The van der Waals surface area contributed by atoms with Crippen molar-refractivity contribution in [3.05, 3.63) is 66.0 Å². The molecule has 6 nitrogen and oxygen atoms in total. The van der Waals surface area contributed by atoms with Crippen LogP contribution >= 0.6 is 0 Å². The number of halogens is 3. The van der Waals surface area contributed by atoms with Gasteiger partial charge < -0.3 is 15.0 Å². The Morgan fingerprint density at radius 1 is 1.07 bits per heavy atom. The molecule has 27 heavy (non-hydrogen) atoms. The zero-order valence-electron chi connectivity index (χ0n) is 13.8. The van der Waals surface area contributed by atoms with Crippen LogP contribution in [0.1, 0.15) is 17.5 Å². The van der Waals surface area contributed by atoms with Crippen LogP contribution in [0.5, 0.6) is 0 Å². The van der Waals surface area contributed by atoms with Crippen LogP contribution in [-0.4, -0.2) is 21.4 Å². The first-order valence-corrected chi connectivity index (χ1v) is 7.83. The van der Waals surface area contributed by atoms with Crippen molar-refractivity contribution in [1.29, 1.82) is 0 Å². The van der Waals surface area contributed by atoms with E-state index in [9.17, 15) is 22.8 Å². The maximum absolute atomic E-state index is 13.3. The summed E-state index contributed by atoms with van der Waals surface area (Å²) in [7, 11) is 0. The Balaban J connectivity index is 1.91. The molecule has 0 bridgehead atoms. The molecule has 0 unspecified atom stereocenters. The average Bonchev–Trinajstić information content (AvgIpc) is 2.99. The minimum atomic E-state index is -4.76. The number of aromatic nitrogens is 2. The fraction of sp³-hybridized carbons (Fsp3) is 0.167. The van der Waals surface area contributed by atoms with Crippen molar-refractivity contribution in [2.75, 3.05) is 0 Å². The van der Waals surface area contributed by atoms with Gasteiger partial charge in [-0.3, -0.25) is 9.59 Å². The molecule has 1 aromatic heterocycles. The van der Waals surface area contributed by atoms with Crippen LogP contribution in [0.4, 0.5) is 13.2 Å². The van der Waals surface area contributed by atoms with Gasteiger partial charge in [0.15, 0.2) is 0 Å². The summed E-state index contributed by atoms with van der Waals surface area (Å²) in [6.45, 7) is -0.772. The second-order valence-electron chi connectivity index (χ2n) is 5.69. The van der Waals surface area contributed by atoms with Gasteiger partial charge in [0.2, 0.25) is 11.9 Å². The van der Waals surface area contributed by atoms with Gasteiger partial charge in [-0.25, -0.2) is 4.98 Å². The highest BCUT2D eigenvalue weighted by molar-refractivity contribution is 5.84. The summed E-state index contributed by atoms with van der Waals surface area (Å²) in [5, 5.41) is 0. The first-order valence-electron chi connectivity index (χ1n) is 7.83. The molecule has 2 N–H and O–H groups in total. The van der Waals surface area contributed by atoms with Gasteiger partial charge in [-0.05, 0) is 12.1 Å². The van der Waals surface area contributed by atoms with Crippen LogP contribution in [0.3, 0.4) is 0 Å². The van der Waals surface area contributed by atoms with Gasteiger partial charge in [0.25, 0.3) is 5.91 Å². The third-order valence-electron chi connectivity index (χ3n) is 3.81. The van der Waals surface area contributed by atoms with Gasteiger partial charge in [-0.2, -0.15) is 13.2 Å². The summed E-state index contributed by atoms with van der Waals surface area (Å²) in [5.41, 5.74) is 5.80. The van der Waals surface area contributed by atoms with Gasteiger partial charge in [0.05, 0.1) is 11.0 Å². The van der Waals surface area contributed by atoms with E-state index in [2.05, 4.69) is 4.98 Å². The molecule has 0 radical (unpaired) electrons. The minimum absolute atomic E-state index is 0.0899. The molecule has 1 atom stereocenters. The number of carbonyl (C=O) groups excluding carboxylic acids is 2. The summed E-state index contributed by atoms with van der Waals surface area (Å²) in [5.74, 6) is -3.20. The molecule has 0 saturated carbocycles. The summed E-state index contributed by atoms with van der Waals surface area (Å²) in [4.78, 5) is 27.4. The number of nitrogens with two attached hydrogens (primary N) is 1. The van der Waals surface area contributed by atoms with E-state index in [1.165, 1.54) is 36.4 Å². The highest BCUT2D eigenvalue weighted by Gasteiger charge is 2.38. The predicted octanol–water partition coefficient (Wildman–Crippen LogP) is 2.82. The van der Waals surface area contributed by atoms with E-state index in [4.69, 9.17) is 10.5 Å². The number of alkyl halides is 3. The van der Waals surface area contributed by atoms with Crippen LogP contribution in [0.25, 0.3) is 11.0 Å². The lowest BCUT2D eigenvalue weighted by molar-refractivity contribution is -0.158. The molecule has 0 spiro atoms. The van der Waals surface area contributed by atoms with E-state index in [1.54, 1.807) is 18.2 Å². The fourth-order valence-corrected chi connectivity index (χ4v) is 2.67. The topological polar surface area (TPSA) is 87.2 Å². The van der Waals surface area contributed by atoms with E-state index >= 15 is 0 Å². The number of ether oxygens (including phenoxy) is 1. The second kappa shape index (κ2) is 7.10.